The van der Waals surface area contributed by atoms with Gasteiger partial charge in [0.15, 0.2) is 11.5 Å². The molecule has 0 aromatic heterocycles. The molecule has 0 spiro atoms. The molecule has 5 nitrogen and oxygen atoms in total. The molecule has 112 valence electrons. The summed E-state index contributed by atoms with van der Waals surface area (Å²) in [4.78, 5) is 11.8. The van der Waals surface area contributed by atoms with E-state index in [9.17, 15) is 4.79 Å². The minimum absolute atomic E-state index is 0.0540. The fourth-order valence-corrected chi connectivity index (χ4v) is 2.13. The van der Waals surface area contributed by atoms with Crippen molar-refractivity contribution in [3.05, 3.63) is 23.3 Å². The van der Waals surface area contributed by atoms with Gasteiger partial charge in [0.1, 0.15) is 0 Å². The Morgan fingerprint density at radius 2 is 1.80 bits per heavy atom. The van der Waals surface area contributed by atoms with Crippen molar-refractivity contribution in [2.24, 2.45) is 5.73 Å². The fourth-order valence-electron chi connectivity index (χ4n) is 2.13. The van der Waals surface area contributed by atoms with Crippen LogP contribution < -0.4 is 20.5 Å². The average Bonchev–Trinajstić information content (AvgIpc) is 2.36. The lowest BCUT2D eigenvalue weighted by Crippen LogP contribution is -2.32. The number of amides is 1. The number of carbonyl (C=O) groups is 1. The molecular formula is C15H24N2O3. The summed E-state index contributed by atoms with van der Waals surface area (Å²) in [6.07, 6.45) is 0.316. The average molecular weight is 280 g/mol. The highest BCUT2D eigenvalue weighted by Crippen LogP contribution is 2.32. The molecule has 1 amide bonds. The van der Waals surface area contributed by atoms with E-state index < -0.39 is 0 Å². The van der Waals surface area contributed by atoms with Gasteiger partial charge < -0.3 is 20.5 Å². The third-order valence-corrected chi connectivity index (χ3v) is 3.12. The van der Waals surface area contributed by atoms with Gasteiger partial charge in [0, 0.05) is 12.5 Å². The van der Waals surface area contributed by atoms with Crippen LogP contribution in [0.3, 0.4) is 0 Å². The smallest absolute Gasteiger partial charge is 0.222 e. The molecule has 0 saturated carbocycles. The maximum absolute atomic E-state index is 11.8. The van der Waals surface area contributed by atoms with E-state index in [0.29, 0.717) is 17.9 Å². The summed E-state index contributed by atoms with van der Waals surface area (Å²) >= 11 is 0. The van der Waals surface area contributed by atoms with Crippen molar-refractivity contribution in [3.63, 3.8) is 0 Å². The maximum atomic E-state index is 11.8. The number of carbonyl (C=O) groups excluding carboxylic acids is 1. The zero-order valence-corrected chi connectivity index (χ0v) is 12.8. The van der Waals surface area contributed by atoms with Crippen molar-refractivity contribution in [1.82, 2.24) is 5.32 Å². The molecule has 1 aromatic rings. The van der Waals surface area contributed by atoms with Gasteiger partial charge in [0.2, 0.25) is 5.91 Å². The third-order valence-electron chi connectivity index (χ3n) is 3.12. The monoisotopic (exact) mass is 280 g/mol. The van der Waals surface area contributed by atoms with E-state index in [1.165, 1.54) is 0 Å². The highest BCUT2D eigenvalue weighted by molar-refractivity contribution is 5.77. The molecule has 0 fully saturated rings. The summed E-state index contributed by atoms with van der Waals surface area (Å²) in [5.74, 6) is 1.28. The molecule has 0 saturated heterocycles. The van der Waals surface area contributed by atoms with Gasteiger partial charge in [-0.25, -0.2) is 0 Å². The SMILES string of the molecule is COc1cc(C)c(C(C)NC(=O)CC(C)N)cc1OC. The van der Waals surface area contributed by atoms with Crippen LogP contribution >= 0.6 is 0 Å². The molecule has 3 N–H and O–H groups in total. The standard InChI is InChI=1S/C15H24N2O3/c1-9-6-13(19-4)14(20-5)8-12(9)11(3)17-15(18)7-10(2)16/h6,8,10-11H,7,16H2,1-5H3,(H,17,18). The Kier molecular flexibility index (Phi) is 5.82. The number of nitrogens with two attached hydrogens (primary N) is 1. The quantitative estimate of drug-likeness (QED) is 0.835. The van der Waals surface area contributed by atoms with Crippen LogP contribution in [0, 0.1) is 6.92 Å². The molecule has 0 heterocycles. The van der Waals surface area contributed by atoms with Gasteiger partial charge in [0.25, 0.3) is 0 Å². The summed E-state index contributed by atoms with van der Waals surface area (Å²) in [7, 11) is 3.20. The van der Waals surface area contributed by atoms with Gasteiger partial charge >= 0.3 is 0 Å². The van der Waals surface area contributed by atoms with Crippen LogP contribution in [-0.2, 0) is 4.79 Å². The second kappa shape index (κ2) is 7.14. The first-order chi connectivity index (χ1) is 9.38. The second-order valence-corrected chi connectivity index (χ2v) is 5.03. The predicted octanol–water partition coefficient (Wildman–Crippen LogP) is 1.93. The fraction of sp³-hybridized carbons (Fsp3) is 0.533. The first-order valence-corrected chi connectivity index (χ1v) is 6.66. The van der Waals surface area contributed by atoms with Gasteiger partial charge in [0.05, 0.1) is 20.3 Å². The van der Waals surface area contributed by atoms with Crippen LogP contribution in [0.15, 0.2) is 12.1 Å². The van der Waals surface area contributed by atoms with E-state index >= 15 is 0 Å². The number of hydrogen-bond acceptors (Lipinski definition) is 4. The summed E-state index contributed by atoms with van der Waals surface area (Å²) in [5, 5.41) is 2.94. The highest BCUT2D eigenvalue weighted by Gasteiger charge is 2.16. The molecule has 2 atom stereocenters. The van der Waals surface area contributed by atoms with Gasteiger partial charge in [-0.05, 0) is 44.0 Å². The minimum Gasteiger partial charge on any atom is -0.493 e. The topological polar surface area (TPSA) is 73.6 Å². The molecule has 20 heavy (non-hydrogen) atoms. The van der Waals surface area contributed by atoms with E-state index in [-0.39, 0.29) is 18.0 Å². The Labute approximate surface area is 120 Å². The van der Waals surface area contributed by atoms with Gasteiger partial charge in [-0.15, -0.1) is 0 Å². The number of methoxy groups -OCH3 is 2. The summed E-state index contributed by atoms with van der Waals surface area (Å²) in [6.45, 7) is 5.73. The van der Waals surface area contributed by atoms with Crippen molar-refractivity contribution in [1.29, 1.82) is 0 Å². The third kappa shape index (κ3) is 4.13. The van der Waals surface area contributed by atoms with Crippen molar-refractivity contribution >= 4 is 5.91 Å². The number of rotatable bonds is 6. The van der Waals surface area contributed by atoms with Crippen LogP contribution in [0.5, 0.6) is 11.5 Å². The number of hydrogen-bond donors (Lipinski definition) is 2. The molecule has 0 bridgehead atoms. The van der Waals surface area contributed by atoms with E-state index in [2.05, 4.69) is 5.32 Å². The molecule has 5 heteroatoms. The molecule has 0 aliphatic heterocycles. The Morgan fingerprint density at radius 1 is 1.25 bits per heavy atom. The molecular weight excluding hydrogens is 256 g/mol. The van der Waals surface area contributed by atoms with Gasteiger partial charge in [-0.3, -0.25) is 4.79 Å². The predicted molar refractivity (Wildman–Crippen MR) is 79.1 cm³/mol. The number of aryl methyl sites for hydroxylation is 1. The minimum atomic E-state index is -0.145. The first-order valence-electron chi connectivity index (χ1n) is 6.66. The highest BCUT2D eigenvalue weighted by atomic mass is 16.5. The van der Waals surface area contributed by atoms with Crippen molar-refractivity contribution in [2.45, 2.75) is 39.3 Å². The van der Waals surface area contributed by atoms with E-state index in [1.807, 2.05) is 32.9 Å². The Morgan fingerprint density at radius 3 is 2.30 bits per heavy atom. The molecule has 1 rings (SSSR count). The molecule has 0 aliphatic carbocycles. The van der Waals surface area contributed by atoms with Crippen LogP contribution in [0.4, 0.5) is 0 Å². The Bertz CT molecular complexity index is 472. The van der Waals surface area contributed by atoms with Crippen molar-refractivity contribution < 1.29 is 14.3 Å². The summed E-state index contributed by atoms with van der Waals surface area (Å²) in [6, 6.07) is 3.54. The van der Waals surface area contributed by atoms with Crippen LogP contribution in [-0.4, -0.2) is 26.2 Å². The molecule has 0 aliphatic rings. The largest absolute Gasteiger partial charge is 0.493 e. The lowest BCUT2D eigenvalue weighted by molar-refractivity contribution is -0.122. The van der Waals surface area contributed by atoms with E-state index in [0.717, 1.165) is 11.1 Å². The van der Waals surface area contributed by atoms with Crippen molar-refractivity contribution in [3.8, 4) is 11.5 Å². The van der Waals surface area contributed by atoms with Gasteiger partial charge in [-0.1, -0.05) is 0 Å². The van der Waals surface area contributed by atoms with E-state index in [1.54, 1.807) is 14.2 Å². The van der Waals surface area contributed by atoms with E-state index in [4.69, 9.17) is 15.2 Å². The second-order valence-electron chi connectivity index (χ2n) is 5.03. The molecule has 0 radical (unpaired) electrons. The van der Waals surface area contributed by atoms with Crippen LogP contribution in [0.1, 0.15) is 37.4 Å². The maximum Gasteiger partial charge on any atom is 0.222 e. The lowest BCUT2D eigenvalue weighted by atomic mass is 10.0. The summed E-state index contributed by atoms with van der Waals surface area (Å²) < 4.78 is 10.6. The number of benzene rings is 1. The summed E-state index contributed by atoms with van der Waals surface area (Å²) in [5.41, 5.74) is 7.66. The van der Waals surface area contributed by atoms with Crippen LogP contribution in [0.25, 0.3) is 0 Å². The normalized spacial score (nSPS) is 13.5. The zero-order valence-electron chi connectivity index (χ0n) is 12.8. The number of ether oxygens (including phenoxy) is 2. The molecule has 2 unspecified atom stereocenters. The lowest BCUT2D eigenvalue weighted by Gasteiger charge is -2.19. The van der Waals surface area contributed by atoms with Crippen LogP contribution in [0.2, 0.25) is 0 Å². The first kappa shape index (κ1) is 16.3. The Balaban J connectivity index is 2.92. The Hall–Kier alpha value is -1.75. The molecule has 1 aromatic carbocycles. The van der Waals surface area contributed by atoms with Crippen molar-refractivity contribution in [2.75, 3.05) is 14.2 Å². The van der Waals surface area contributed by atoms with Gasteiger partial charge in [-0.2, -0.15) is 0 Å². The zero-order chi connectivity index (χ0) is 15.3. The number of nitrogens with one attached hydrogen (secondary N) is 1.